The van der Waals surface area contributed by atoms with Crippen molar-refractivity contribution in [3.8, 4) is 5.75 Å². The number of aliphatic hydroxyl groups excluding tert-OH is 1. The first kappa shape index (κ1) is 22.8. The first-order valence-electron chi connectivity index (χ1n) is 11.2. The molecule has 0 bridgehead atoms. The van der Waals surface area contributed by atoms with Crippen LogP contribution in [-0.4, -0.2) is 43.5 Å². The molecule has 3 aromatic carbocycles. The molecule has 4 rings (SSSR count). The molecule has 1 heterocycles. The Morgan fingerprint density at radius 1 is 1.03 bits per heavy atom. The van der Waals surface area contributed by atoms with Crippen molar-refractivity contribution in [2.75, 3.05) is 27.3 Å². The van der Waals surface area contributed by atoms with Gasteiger partial charge in [0.15, 0.2) is 0 Å². The van der Waals surface area contributed by atoms with Crippen molar-refractivity contribution in [1.82, 2.24) is 10.4 Å². The van der Waals surface area contributed by atoms with Crippen LogP contribution in [0, 0.1) is 5.92 Å². The number of hydrogen-bond donors (Lipinski definition) is 2. The number of halogens is 1. The molecule has 3 unspecified atom stereocenters. The lowest BCUT2D eigenvalue weighted by atomic mass is 9.73. The van der Waals surface area contributed by atoms with Crippen LogP contribution in [0.5, 0.6) is 5.75 Å². The van der Waals surface area contributed by atoms with Crippen LogP contribution in [0.3, 0.4) is 0 Å². The molecule has 32 heavy (non-hydrogen) atoms. The molecule has 5 heteroatoms. The highest BCUT2D eigenvalue weighted by Gasteiger charge is 2.47. The van der Waals surface area contributed by atoms with Crippen molar-refractivity contribution < 1.29 is 9.84 Å². The van der Waals surface area contributed by atoms with Gasteiger partial charge in [0.25, 0.3) is 0 Å². The number of hydrazine groups is 1. The summed E-state index contributed by atoms with van der Waals surface area (Å²) in [6, 6.07) is 27.3. The summed E-state index contributed by atoms with van der Waals surface area (Å²) in [6.07, 6.45) is 0.714. The molecular weight excluding hydrogens is 420 g/mol. The second-order valence-corrected chi connectivity index (χ2v) is 8.79. The van der Waals surface area contributed by atoms with E-state index in [1.807, 2.05) is 25.2 Å². The Bertz CT molecular complexity index is 960. The highest BCUT2D eigenvalue weighted by Crippen LogP contribution is 2.49. The van der Waals surface area contributed by atoms with Crippen LogP contribution >= 0.6 is 11.6 Å². The molecule has 1 saturated heterocycles. The Balaban J connectivity index is 1.91. The van der Waals surface area contributed by atoms with Gasteiger partial charge in [0.2, 0.25) is 0 Å². The average Bonchev–Trinajstić information content (AvgIpc) is 3.18. The molecule has 0 spiro atoms. The number of ether oxygens (including phenoxy) is 1. The molecule has 1 aliphatic heterocycles. The second-order valence-electron chi connectivity index (χ2n) is 8.35. The molecule has 3 atom stereocenters. The predicted octanol–water partition coefficient (Wildman–Crippen LogP) is 5.08. The summed E-state index contributed by atoms with van der Waals surface area (Å²) < 4.78 is 5.79. The fraction of sp³-hybridized carbons (Fsp3) is 0.333. The largest absolute Gasteiger partial charge is 0.496 e. The van der Waals surface area contributed by atoms with Crippen LogP contribution in [0.2, 0.25) is 5.02 Å². The molecule has 1 aliphatic rings. The van der Waals surface area contributed by atoms with Gasteiger partial charge in [0, 0.05) is 41.6 Å². The van der Waals surface area contributed by atoms with Gasteiger partial charge in [0.05, 0.1) is 7.11 Å². The van der Waals surface area contributed by atoms with Gasteiger partial charge in [-0.25, -0.2) is 5.01 Å². The van der Waals surface area contributed by atoms with Gasteiger partial charge in [-0.3, -0.25) is 5.43 Å². The third-order valence-corrected chi connectivity index (χ3v) is 6.90. The van der Waals surface area contributed by atoms with E-state index in [9.17, 15) is 5.11 Å². The number of benzene rings is 3. The smallest absolute Gasteiger partial charge is 0.122 e. The minimum Gasteiger partial charge on any atom is -0.496 e. The summed E-state index contributed by atoms with van der Waals surface area (Å²) in [4.78, 5) is 0. The number of methoxy groups -OCH3 is 1. The quantitative estimate of drug-likeness (QED) is 0.502. The summed E-state index contributed by atoms with van der Waals surface area (Å²) in [6.45, 7) is 0.980. The Morgan fingerprint density at radius 3 is 2.19 bits per heavy atom. The molecular formula is C27H31ClN2O2. The molecule has 0 aliphatic carbocycles. The molecule has 2 N–H and O–H groups in total. The summed E-state index contributed by atoms with van der Waals surface area (Å²) in [5.74, 6) is 1.33. The Hall–Kier alpha value is -2.37. The fourth-order valence-corrected chi connectivity index (χ4v) is 5.52. The van der Waals surface area contributed by atoms with E-state index in [0.29, 0.717) is 11.4 Å². The van der Waals surface area contributed by atoms with Crippen molar-refractivity contribution in [3.63, 3.8) is 0 Å². The van der Waals surface area contributed by atoms with Gasteiger partial charge in [-0.15, -0.1) is 0 Å². The maximum Gasteiger partial charge on any atom is 0.122 e. The Kier molecular flexibility index (Phi) is 7.48. The molecule has 0 amide bonds. The first-order chi connectivity index (χ1) is 15.7. The van der Waals surface area contributed by atoms with Crippen LogP contribution in [-0.2, 0) is 0 Å². The normalized spacial score (nSPS) is 21.2. The number of rotatable bonds is 8. The van der Waals surface area contributed by atoms with Crippen LogP contribution in [0.1, 0.15) is 34.9 Å². The maximum absolute atomic E-state index is 9.89. The number of hydrogen-bond acceptors (Lipinski definition) is 4. The predicted molar refractivity (Wildman–Crippen MR) is 130 cm³/mol. The standard InChI is InChI=1S/C27H31ClN2O2/c1-29-30-18-21(15-16-31)26(23-17-22(28)13-14-24(23)32-2)27(30)25(19-9-5-3-6-10-19)20-11-7-4-8-12-20/h3-14,17,21,25-27,29,31H,15-16,18H2,1-2H3. The third-order valence-electron chi connectivity index (χ3n) is 6.66. The van der Waals surface area contributed by atoms with E-state index in [1.165, 1.54) is 11.1 Å². The van der Waals surface area contributed by atoms with Gasteiger partial charge in [-0.2, -0.15) is 0 Å². The van der Waals surface area contributed by atoms with E-state index in [2.05, 4.69) is 71.1 Å². The minimum atomic E-state index is 0.105. The lowest BCUT2D eigenvalue weighted by Crippen LogP contribution is -2.44. The van der Waals surface area contributed by atoms with E-state index in [1.54, 1.807) is 7.11 Å². The summed E-state index contributed by atoms with van der Waals surface area (Å²) >= 11 is 6.47. The molecule has 168 valence electrons. The van der Waals surface area contributed by atoms with Gasteiger partial charge in [-0.05, 0) is 48.7 Å². The van der Waals surface area contributed by atoms with Crippen LogP contribution in [0.4, 0.5) is 0 Å². The van der Waals surface area contributed by atoms with Crippen molar-refractivity contribution in [1.29, 1.82) is 0 Å². The van der Waals surface area contributed by atoms with E-state index in [-0.39, 0.29) is 30.4 Å². The Morgan fingerprint density at radius 2 is 1.66 bits per heavy atom. The number of aliphatic hydroxyl groups is 1. The number of nitrogens with zero attached hydrogens (tertiary/aromatic N) is 1. The van der Waals surface area contributed by atoms with E-state index < -0.39 is 0 Å². The summed E-state index contributed by atoms with van der Waals surface area (Å²) in [5, 5.41) is 12.9. The molecule has 0 radical (unpaired) electrons. The van der Waals surface area contributed by atoms with Crippen LogP contribution in [0.15, 0.2) is 78.9 Å². The van der Waals surface area contributed by atoms with Gasteiger partial charge < -0.3 is 9.84 Å². The SMILES string of the molecule is CNN1CC(CCO)C(c2cc(Cl)ccc2OC)C1C(c1ccccc1)c1ccccc1. The molecule has 0 aromatic heterocycles. The van der Waals surface area contributed by atoms with E-state index in [0.717, 1.165) is 17.9 Å². The molecule has 3 aromatic rings. The topological polar surface area (TPSA) is 44.7 Å². The zero-order valence-electron chi connectivity index (χ0n) is 18.6. The number of nitrogens with one attached hydrogen (secondary N) is 1. The molecule has 4 nitrogen and oxygen atoms in total. The van der Waals surface area contributed by atoms with Crippen molar-refractivity contribution >= 4 is 11.6 Å². The van der Waals surface area contributed by atoms with Crippen molar-refractivity contribution in [3.05, 3.63) is 101 Å². The summed E-state index contributed by atoms with van der Waals surface area (Å²) in [5.41, 5.74) is 7.07. The first-order valence-corrected chi connectivity index (χ1v) is 11.5. The van der Waals surface area contributed by atoms with Crippen LogP contribution < -0.4 is 10.2 Å². The highest BCUT2D eigenvalue weighted by atomic mass is 35.5. The maximum atomic E-state index is 9.89. The van der Waals surface area contributed by atoms with E-state index in [4.69, 9.17) is 16.3 Å². The Labute approximate surface area is 195 Å². The van der Waals surface area contributed by atoms with Crippen molar-refractivity contribution in [2.24, 2.45) is 5.92 Å². The van der Waals surface area contributed by atoms with Gasteiger partial charge in [-0.1, -0.05) is 72.3 Å². The third kappa shape index (κ3) is 4.55. The highest BCUT2D eigenvalue weighted by molar-refractivity contribution is 6.30. The minimum absolute atomic E-state index is 0.105. The second kappa shape index (κ2) is 10.5. The fourth-order valence-electron chi connectivity index (χ4n) is 5.34. The average molecular weight is 451 g/mol. The monoisotopic (exact) mass is 450 g/mol. The zero-order chi connectivity index (χ0) is 22.5. The molecule has 1 fully saturated rings. The lowest BCUT2D eigenvalue weighted by Gasteiger charge is -2.36. The van der Waals surface area contributed by atoms with E-state index >= 15 is 0 Å². The van der Waals surface area contributed by atoms with Gasteiger partial charge >= 0.3 is 0 Å². The van der Waals surface area contributed by atoms with Gasteiger partial charge in [0.1, 0.15) is 5.75 Å². The lowest BCUT2D eigenvalue weighted by molar-refractivity contribution is 0.165. The zero-order valence-corrected chi connectivity index (χ0v) is 19.4. The summed E-state index contributed by atoms with van der Waals surface area (Å²) in [7, 11) is 3.69. The molecule has 0 saturated carbocycles. The van der Waals surface area contributed by atoms with Crippen molar-refractivity contribution in [2.45, 2.75) is 24.3 Å². The van der Waals surface area contributed by atoms with Crippen LogP contribution in [0.25, 0.3) is 0 Å².